The average Bonchev–Trinajstić information content (AvgIpc) is 2.90. The number of ether oxygens (including phenoxy) is 3. The van der Waals surface area contributed by atoms with Crippen LogP contribution in [-0.2, 0) is 16.0 Å². The monoisotopic (exact) mass is 539 g/mol. The van der Waals surface area contributed by atoms with Gasteiger partial charge in [0, 0.05) is 12.1 Å². The van der Waals surface area contributed by atoms with Crippen LogP contribution in [0.25, 0.3) is 0 Å². The van der Waals surface area contributed by atoms with Crippen LogP contribution in [0.2, 0.25) is 5.02 Å². The lowest BCUT2D eigenvalue weighted by atomic mass is 10.1. The minimum Gasteiger partial charge on any atom is -0.495 e. The minimum atomic E-state index is -0.520. The summed E-state index contributed by atoms with van der Waals surface area (Å²) in [6, 6.07) is 16.8. The second-order valence-corrected chi connectivity index (χ2v) is 8.83. The molecule has 9 nitrogen and oxygen atoms in total. The Morgan fingerprint density at radius 2 is 1.66 bits per heavy atom. The number of carbonyl (C=O) groups is 3. The average molecular weight is 540 g/mol. The number of urea groups is 1. The molecule has 0 saturated heterocycles. The molecule has 0 spiro atoms. The van der Waals surface area contributed by atoms with E-state index in [1.807, 2.05) is 31.2 Å². The molecule has 3 aromatic carbocycles. The molecule has 1 unspecified atom stereocenters. The third kappa shape index (κ3) is 7.96. The summed E-state index contributed by atoms with van der Waals surface area (Å²) < 4.78 is 15.8. The molecule has 38 heavy (non-hydrogen) atoms. The number of para-hydroxylation sites is 1. The molecule has 0 radical (unpaired) electrons. The molecule has 10 heteroatoms. The number of benzene rings is 3. The molecule has 1 atom stereocenters. The summed E-state index contributed by atoms with van der Waals surface area (Å²) in [4.78, 5) is 36.6. The first-order valence-corrected chi connectivity index (χ1v) is 12.2. The van der Waals surface area contributed by atoms with Gasteiger partial charge in [-0.15, -0.1) is 0 Å². The highest BCUT2D eigenvalue weighted by Gasteiger charge is 2.14. The van der Waals surface area contributed by atoms with E-state index < -0.39 is 18.2 Å². The van der Waals surface area contributed by atoms with Crippen LogP contribution >= 0.6 is 11.6 Å². The topological polar surface area (TPSA) is 115 Å². The number of anilines is 2. The maximum atomic E-state index is 12.6. The Labute approximate surface area is 226 Å². The van der Waals surface area contributed by atoms with Gasteiger partial charge in [-0.2, -0.15) is 0 Å². The molecule has 0 aliphatic carbocycles. The first kappa shape index (κ1) is 28.5. The Hall–Kier alpha value is -4.08. The van der Waals surface area contributed by atoms with E-state index in [-0.39, 0.29) is 23.8 Å². The van der Waals surface area contributed by atoms with Crippen molar-refractivity contribution in [3.05, 3.63) is 82.4 Å². The maximum Gasteiger partial charge on any atom is 0.337 e. The van der Waals surface area contributed by atoms with Crippen molar-refractivity contribution < 1.29 is 28.6 Å². The second kappa shape index (κ2) is 13.5. The summed E-state index contributed by atoms with van der Waals surface area (Å²) in [5, 5.41) is 8.83. The number of halogens is 1. The molecule has 200 valence electrons. The summed E-state index contributed by atoms with van der Waals surface area (Å²) in [5.41, 5.74) is 3.16. The Morgan fingerprint density at radius 3 is 2.34 bits per heavy atom. The van der Waals surface area contributed by atoms with Crippen molar-refractivity contribution in [3.8, 4) is 11.5 Å². The lowest BCUT2D eigenvalue weighted by Crippen LogP contribution is -2.36. The smallest absolute Gasteiger partial charge is 0.337 e. The van der Waals surface area contributed by atoms with Crippen LogP contribution in [0.3, 0.4) is 0 Å². The zero-order valence-electron chi connectivity index (χ0n) is 21.6. The van der Waals surface area contributed by atoms with E-state index in [9.17, 15) is 14.4 Å². The number of hydrogen-bond donors (Lipinski definition) is 3. The van der Waals surface area contributed by atoms with Crippen LogP contribution in [0.4, 0.5) is 16.2 Å². The largest absolute Gasteiger partial charge is 0.495 e. The molecule has 3 N–H and O–H groups in total. The van der Waals surface area contributed by atoms with Gasteiger partial charge in [-0.1, -0.05) is 35.9 Å². The van der Waals surface area contributed by atoms with Gasteiger partial charge < -0.3 is 24.8 Å². The van der Waals surface area contributed by atoms with E-state index in [0.717, 1.165) is 11.1 Å². The van der Waals surface area contributed by atoms with Crippen LogP contribution in [0.5, 0.6) is 11.5 Å². The van der Waals surface area contributed by atoms with E-state index in [0.29, 0.717) is 28.4 Å². The first-order chi connectivity index (χ1) is 18.2. The van der Waals surface area contributed by atoms with E-state index in [4.69, 9.17) is 21.1 Å². The highest BCUT2D eigenvalue weighted by Crippen LogP contribution is 2.27. The molecule has 3 aromatic rings. The van der Waals surface area contributed by atoms with Gasteiger partial charge in [0.25, 0.3) is 0 Å². The quantitative estimate of drug-likeness (QED) is 0.226. The molecule has 2 amide bonds. The van der Waals surface area contributed by atoms with E-state index >= 15 is 0 Å². The number of aryl methyl sites for hydroxylation is 1. The molecule has 0 bridgehead atoms. The van der Waals surface area contributed by atoms with Crippen molar-refractivity contribution in [2.24, 2.45) is 0 Å². The zero-order valence-corrected chi connectivity index (χ0v) is 22.3. The summed E-state index contributed by atoms with van der Waals surface area (Å²) in [7, 11) is 2.78. The Kier molecular flexibility index (Phi) is 10.1. The molecule has 0 aromatic heterocycles. The third-order valence-corrected chi connectivity index (χ3v) is 5.85. The third-order valence-electron chi connectivity index (χ3n) is 5.55. The van der Waals surface area contributed by atoms with Gasteiger partial charge >= 0.3 is 12.0 Å². The van der Waals surface area contributed by atoms with Crippen molar-refractivity contribution in [2.45, 2.75) is 26.5 Å². The van der Waals surface area contributed by atoms with Crippen LogP contribution in [0.15, 0.2) is 60.7 Å². The second-order valence-electron chi connectivity index (χ2n) is 8.42. The Morgan fingerprint density at radius 1 is 0.921 bits per heavy atom. The Bertz CT molecular complexity index is 1310. The number of Topliss-reactive ketones (excluding diaryl/α,β-unsaturated/α-hetero) is 1. The number of methoxy groups -OCH3 is 2. The molecule has 0 aliphatic heterocycles. The van der Waals surface area contributed by atoms with Crippen molar-refractivity contribution in [2.75, 3.05) is 31.4 Å². The van der Waals surface area contributed by atoms with Gasteiger partial charge in [-0.25, -0.2) is 9.59 Å². The SMILES string of the molecule is COC(=O)c1ccc(OC(C)NCC(=O)Cc2ccc(NC(=O)Nc3ccccc3C)c(OC)c2)c(Cl)c1. The summed E-state index contributed by atoms with van der Waals surface area (Å²) >= 11 is 6.20. The molecule has 0 saturated carbocycles. The molecular weight excluding hydrogens is 510 g/mol. The van der Waals surface area contributed by atoms with Gasteiger partial charge in [0.2, 0.25) is 0 Å². The van der Waals surface area contributed by atoms with Gasteiger partial charge in [-0.05, 0) is 61.4 Å². The lowest BCUT2D eigenvalue weighted by Gasteiger charge is -2.17. The summed E-state index contributed by atoms with van der Waals surface area (Å²) in [6.45, 7) is 3.70. The highest BCUT2D eigenvalue weighted by atomic mass is 35.5. The number of esters is 1. The van der Waals surface area contributed by atoms with Gasteiger partial charge in [0.1, 0.15) is 17.7 Å². The van der Waals surface area contributed by atoms with Gasteiger partial charge in [-0.3, -0.25) is 10.1 Å². The van der Waals surface area contributed by atoms with Crippen molar-refractivity contribution in [3.63, 3.8) is 0 Å². The highest BCUT2D eigenvalue weighted by molar-refractivity contribution is 6.32. The first-order valence-electron chi connectivity index (χ1n) is 11.8. The molecular formula is C28H30ClN3O6. The zero-order chi connectivity index (χ0) is 27.7. The predicted molar refractivity (Wildman–Crippen MR) is 146 cm³/mol. The summed E-state index contributed by atoms with van der Waals surface area (Å²) in [5.74, 6) is 0.227. The van der Waals surface area contributed by atoms with Crippen LogP contribution in [0, 0.1) is 6.92 Å². The number of hydrogen-bond acceptors (Lipinski definition) is 7. The molecule has 0 fully saturated rings. The van der Waals surface area contributed by atoms with Gasteiger partial charge in [0.05, 0.1) is 37.0 Å². The van der Waals surface area contributed by atoms with E-state index in [1.165, 1.54) is 20.3 Å². The number of nitrogens with one attached hydrogen (secondary N) is 3. The number of amides is 2. The van der Waals surface area contributed by atoms with Crippen molar-refractivity contribution in [1.29, 1.82) is 0 Å². The number of rotatable bonds is 11. The Balaban J connectivity index is 1.52. The minimum absolute atomic E-state index is 0.0557. The molecule has 3 rings (SSSR count). The van der Waals surface area contributed by atoms with E-state index in [2.05, 4.69) is 20.7 Å². The summed E-state index contributed by atoms with van der Waals surface area (Å²) in [6.07, 6.45) is -0.367. The van der Waals surface area contributed by atoms with Gasteiger partial charge in [0.15, 0.2) is 5.78 Å². The van der Waals surface area contributed by atoms with Crippen molar-refractivity contribution in [1.82, 2.24) is 5.32 Å². The lowest BCUT2D eigenvalue weighted by molar-refractivity contribution is -0.118. The normalized spacial score (nSPS) is 11.3. The molecule has 0 heterocycles. The fourth-order valence-electron chi connectivity index (χ4n) is 3.56. The van der Waals surface area contributed by atoms with Crippen LogP contribution in [-0.4, -0.2) is 44.8 Å². The standard InChI is InChI=1S/C28H30ClN3O6/c1-17-7-5-6-8-23(17)31-28(35)32-24-11-9-19(14-26(24)36-3)13-21(33)16-30-18(2)38-25-12-10-20(15-22(25)29)27(34)37-4/h5-12,14-15,18,30H,13,16H2,1-4H3,(H2,31,32,35). The van der Waals surface area contributed by atoms with Crippen molar-refractivity contribution >= 4 is 40.8 Å². The number of carbonyl (C=O) groups excluding carboxylic acids is 3. The molecule has 0 aliphatic rings. The predicted octanol–water partition coefficient (Wildman–Crippen LogP) is 5.21. The van der Waals surface area contributed by atoms with E-state index in [1.54, 1.807) is 37.3 Å². The fraction of sp³-hybridized carbons (Fsp3) is 0.250. The van der Waals surface area contributed by atoms with Crippen LogP contribution in [0.1, 0.15) is 28.4 Å². The fourth-order valence-corrected chi connectivity index (χ4v) is 3.78. The number of ketones is 1. The maximum absolute atomic E-state index is 12.6. The van der Waals surface area contributed by atoms with Crippen LogP contribution < -0.4 is 25.4 Å².